The number of hydrogen-bond donors (Lipinski definition) is 2. The first-order valence-corrected chi connectivity index (χ1v) is 9.41. The molecule has 2 atom stereocenters. The lowest BCUT2D eigenvalue weighted by atomic mass is 9.84. The summed E-state index contributed by atoms with van der Waals surface area (Å²) in [6.45, 7) is 2.19. The number of ether oxygens (including phenoxy) is 1. The van der Waals surface area contributed by atoms with Gasteiger partial charge in [-0.15, -0.1) is 0 Å². The molecule has 0 amide bonds. The van der Waals surface area contributed by atoms with E-state index in [1.165, 1.54) is 25.7 Å². The Kier molecular flexibility index (Phi) is 5.64. The maximum atomic E-state index is 12.0. The Hall–Kier alpha value is -1.60. The molecule has 6 nitrogen and oxygen atoms in total. The van der Waals surface area contributed by atoms with E-state index in [9.17, 15) is 13.2 Å². The maximum absolute atomic E-state index is 12.0. The van der Waals surface area contributed by atoms with E-state index < -0.39 is 16.0 Å². The van der Waals surface area contributed by atoms with Crippen LogP contribution in [-0.2, 0) is 14.8 Å². The lowest BCUT2D eigenvalue weighted by molar-refractivity contribution is 0.0601. The highest BCUT2D eigenvalue weighted by molar-refractivity contribution is 7.89. The minimum Gasteiger partial charge on any atom is -0.465 e. The van der Waals surface area contributed by atoms with E-state index in [0.29, 0.717) is 11.6 Å². The van der Waals surface area contributed by atoms with Gasteiger partial charge in [-0.3, -0.25) is 0 Å². The fourth-order valence-electron chi connectivity index (χ4n) is 3.12. The summed E-state index contributed by atoms with van der Waals surface area (Å²) in [5.74, 6) is 0.104. The van der Waals surface area contributed by atoms with Gasteiger partial charge in [0.25, 0.3) is 0 Å². The molecule has 0 radical (unpaired) electrons. The van der Waals surface area contributed by atoms with Gasteiger partial charge in [-0.05, 0) is 37.0 Å². The molecule has 0 aromatic heterocycles. The van der Waals surface area contributed by atoms with Crippen LogP contribution < -0.4 is 10.5 Å². The van der Waals surface area contributed by atoms with Gasteiger partial charge >= 0.3 is 5.97 Å². The van der Waals surface area contributed by atoms with Crippen LogP contribution in [0.3, 0.4) is 0 Å². The summed E-state index contributed by atoms with van der Waals surface area (Å²) in [4.78, 5) is 11.9. The molecule has 7 heteroatoms. The Morgan fingerprint density at radius 1 is 1.39 bits per heavy atom. The predicted octanol–water partition coefficient (Wildman–Crippen LogP) is 2.50. The third-order valence-corrected chi connectivity index (χ3v) is 5.36. The summed E-state index contributed by atoms with van der Waals surface area (Å²) < 4.78 is 27.7. The molecule has 2 rings (SSSR count). The second-order valence-electron chi connectivity index (χ2n) is 6.03. The molecule has 2 unspecified atom stereocenters. The zero-order chi connectivity index (χ0) is 17.0. The van der Waals surface area contributed by atoms with E-state index in [-0.39, 0.29) is 16.5 Å². The third kappa shape index (κ3) is 4.45. The smallest absolute Gasteiger partial charge is 0.340 e. The van der Waals surface area contributed by atoms with E-state index in [1.54, 1.807) is 6.07 Å². The largest absolute Gasteiger partial charge is 0.465 e. The first-order valence-electron chi connectivity index (χ1n) is 7.86. The molecule has 1 saturated carbocycles. The number of primary sulfonamides is 1. The molecular formula is C16H24N2O4S. The zero-order valence-electron chi connectivity index (χ0n) is 13.5. The Labute approximate surface area is 137 Å². The number of esters is 1. The molecule has 0 saturated heterocycles. The van der Waals surface area contributed by atoms with Crippen LogP contribution in [0.15, 0.2) is 23.1 Å². The van der Waals surface area contributed by atoms with Crippen molar-refractivity contribution in [1.82, 2.24) is 0 Å². The molecular weight excluding hydrogens is 316 g/mol. The van der Waals surface area contributed by atoms with Crippen LogP contribution in [0.25, 0.3) is 0 Å². The molecule has 1 aliphatic rings. The summed E-state index contributed by atoms with van der Waals surface area (Å²) in [6, 6.07) is 4.53. The van der Waals surface area contributed by atoms with Crippen LogP contribution in [0, 0.1) is 5.92 Å². The van der Waals surface area contributed by atoms with Crippen LogP contribution >= 0.6 is 0 Å². The van der Waals surface area contributed by atoms with Gasteiger partial charge in [0.15, 0.2) is 0 Å². The number of rotatable bonds is 5. The predicted molar refractivity (Wildman–Crippen MR) is 88.8 cm³/mol. The Balaban J connectivity index is 2.28. The van der Waals surface area contributed by atoms with Gasteiger partial charge in [-0.25, -0.2) is 18.4 Å². The fraction of sp³-hybridized carbons (Fsp3) is 0.562. The van der Waals surface area contributed by atoms with Gasteiger partial charge in [0.1, 0.15) is 0 Å². The molecule has 0 heterocycles. The average molecular weight is 340 g/mol. The van der Waals surface area contributed by atoms with Crippen molar-refractivity contribution in [2.75, 3.05) is 12.4 Å². The summed E-state index contributed by atoms with van der Waals surface area (Å²) in [7, 11) is -2.60. The number of anilines is 1. The van der Waals surface area contributed by atoms with Crippen molar-refractivity contribution in [2.24, 2.45) is 11.1 Å². The first kappa shape index (κ1) is 17.7. The number of carbonyl (C=O) groups is 1. The number of sulfonamides is 1. The molecule has 1 fully saturated rings. The van der Waals surface area contributed by atoms with Crippen LogP contribution in [0.1, 0.15) is 49.4 Å². The van der Waals surface area contributed by atoms with Gasteiger partial charge in [0, 0.05) is 11.7 Å². The zero-order valence-corrected chi connectivity index (χ0v) is 14.4. The lowest BCUT2D eigenvalue weighted by Gasteiger charge is -2.30. The van der Waals surface area contributed by atoms with Gasteiger partial charge in [0.05, 0.1) is 17.6 Å². The summed E-state index contributed by atoms with van der Waals surface area (Å²) in [6.07, 6.45) is 5.62. The van der Waals surface area contributed by atoms with E-state index in [2.05, 4.69) is 12.2 Å². The number of carbonyl (C=O) groups excluding carboxylic acids is 1. The highest BCUT2D eigenvalue weighted by Crippen LogP contribution is 2.30. The molecule has 1 aliphatic carbocycles. The second kappa shape index (κ2) is 7.31. The summed E-state index contributed by atoms with van der Waals surface area (Å²) >= 11 is 0. The van der Waals surface area contributed by atoms with Crippen LogP contribution in [0.2, 0.25) is 0 Å². The summed E-state index contributed by atoms with van der Waals surface area (Å²) in [5.41, 5.74) is 0.781. The standard InChI is InChI=1S/C16H24N2O4S/c1-3-11-5-4-6-12(9-11)18-15-8-7-13(23(17,20)21)10-14(15)16(19)22-2/h7-8,10-12,18H,3-6,9H2,1-2H3,(H2,17,20,21). The fourth-order valence-corrected chi connectivity index (χ4v) is 3.66. The first-order chi connectivity index (χ1) is 10.8. The number of benzene rings is 1. The quantitative estimate of drug-likeness (QED) is 0.803. The van der Waals surface area contributed by atoms with Gasteiger partial charge in [0.2, 0.25) is 10.0 Å². The van der Waals surface area contributed by atoms with Gasteiger partial charge < -0.3 is 10.1 Å². The minimum absolute atomic E-state index is 0.0986. The monoisotopic (exact) mass is 340 g/mol. The topological polar surface area (TPSA) is 98.5 Å². The summed E-state index contributed by atoms with van der Waals surface area (Å²) in [5, 5.41) is 8.51. The number of nitrogens with two attached hydrogens (primary N) is 1. The van der Waals surface area contributed by atoms with Gasteiger partial charge in [-0.2, -0.15) is 0 Å². The van der Waals surface area contributed by atoms with Crippen molar-refractivity contribution >= 4 is 21.7 Å². The lowest BCUT2D eigenvalue weighted by Crippen LogP contribution is -2.28. The SMILES string of the molecule is CCC1CCCC(Nc2ccc(S(N)(=O)=O)cc2C(=O)OC)C1. The Bertz CT molecular complexity index is 673. The van der Waals surface area contributed by atoms with E-state index >= 15 is 0 Å². The average Bonchev–Trinajstić information content (AvgIpc) is 2.53. The minimum atomic E-state index is -3.87. The number of methoxy groups -OCH3 is 1. The highest BCUT2D eigenvalue weighted by atomic mass is 32.2. The van der Waals surface area contributed by atoms with Crippen LogP contribution in [0.5, 0.6) is 0 Å². The highest BCUT2D eigenvalue weighted by Gasteiger charge is 2.23. The molecule has 0 bridgehead atoms. The molecule has 0 aliphatic heterocycles. The van der Waals surface area contributed by atoms with Gasteiger partial charge in [-0.1, -0.05) is 26.2 Å². The van der Waals surface area contributed by atoms with Crippen molar-refractivity contribution < 1.29 is 17.9 Å². The molecule has 3 N–H and O–H groups in total. The van der Waals surface area contributed by atoms with Crippen LogP contribution in [0.4, 0.5) is 5.69 Å². The molecule has 23 heavy (non-hydrogen) atoms. The van der Waals surface area contributed by atoms with E-state index in [1.807, 2.05) is 0 Å². The Morgan fingerprint density at radius 2 is 2.13 bits per heavy atom. The van der Waals surface area contributed by atoms with Crippen molar-refractivity contribution in [1.29, 1.82) is 0 Å². The van der Waals surface area contributed by atoms with Crippen LogP contribution in [-0.4, -0.2) is 27.5 Å². The van der Waals surface area contributed by atoms with E-state index in [0.717, 1.165) is 25.7 Å². The molecule has 0 spiro atoms. The molecule has 1 aromatic rings. The maximum Gasteiger partial charge on any atom is 0.340 e. The second-order valence-corrected chi connectivity index (χ2v) is 7.59. The van der Waals surface area contributed by atoms with Crippen molar-refractivity contribution in [3.8, 4) is 0 Å². The van der Waals surface area contributed by atoms with Crippen molar-refractivity contribution in [3.05, 3.63) is 23.8 Å². The van der Waals surface area contributed by atoms with Crippen molar-refractivity contribution in [3.63, 3.8) is 0 Å². The van der Waals surface area contributed by atoms with E-state index in [4.69, 9.17) is 9.88 Å². The third-order valence-electron chi connectivity index (χ3n) is 4.44. The molecule has 1 aromatic carbocycles. The van der Waals surface area contributed by atoms with Crippen molar-refractivity contribution in [2.45, 2.75) is 50.0 Å². The number of hydrogen-bond acceptors (Lipinski definition) is 5. The number of nitrogens with one attached hydrogen (secondary N) is 1. The molecule has 128 valence electrons. The Morgan fingerprint density at radius 3 is 2.74 bits per heavy atom. The normalized spacial score (nSPS) is 21.7.